The van der Waals surface area contributed by atoms with E-state index in [-0.39, 0.29) is 12.5 Å². The van der Waals surface area contributed by atoms with Crippen LogP contribution in [0, 0.1) is 35.0 Å². The molecule has 194 valence electrons. The zero-order valence-corrected chi connectivity index (χ0v) is 19.8. The lowest BCUT2D eigenvalue weighted by Gasteiger charge is -2.23. The standard InChI is InChI=1S/C27H22F5NO4/c1-3-13(2)24(26(34)37-25-22(31)20(29)19(28)21(30)23(25)32)33-27(35)36-12-18-16-10-6-4-8-14(16)15-9-5-7-11-17(15)18/h4-11,13,18,24H,3,12H2,1-2H3,(H,33,35)/t13-,24+/m0/s1. The van der Waals surface area contributed by atoms with Crippen molar-refractivity contribution >= 4 is 12.1 Å². The average Bonchev–Trinajstić information content (AvgIpc) is 3.23. The third-order valence-corrected chi connectivity index (χ3v) is 6.46. The van der Waals surface area contributed by atoms with Crippen LogP contribution in [-0.4, -0.2) is 24.7 Å². The molecule has 0 saturated carbocycles. The largest absolute Gasteiger partial charge is 0.449 e. The van der Waals surface area contributed by atoms with Crippen molar-refractivity contribution in [3.05, 3.63) is 88.7 Å². The van der Waals surface area contributed by atoms with Gasteiger partial charge >= 0.3 is 12.1 Å². The van der Waals surface area contributed by atoms with Gasteiger partial charge in [0.15, 0.2) is 0 Å². The number of ether oxygens (including phenoxy) is 2. The van der Waals surface area contributed by atoms with Crippen molar-refractivity contribution in [3.63, 3.8) is 0 Å². The van der Waals surface area contributed by atoms with E-state index < -0.39 is 58.9 Å². The van der Waals surface area contributed by atoms with Crippen molar-refractivity contribution < 1.29 is 41.0 Å². The number of alkyl carbamates (subject to hydrolysis) is 1. The Balaban J connectivity index is 1.49. The molecule has 0 aliphatic heterocycles. The summed E-state index contributed by atoms with van der Waals surface area (Å²) in [4.78, 5) is 25.3. The van der Waals surface area contributed by atoms with E-state index in [1.807, 2.05) is 48.5 Å². The fourth-order valence-corrected chi connectivity index (χ4v) is 4.27. The first kappa shape index (κ1) is 26.1. The first-order valence-corrected chi connectivity index (χ1v) is 11.5. The SMILES string of the molecule is CC[C@H](C)[C@@H](NC(=O)OCC1c2ccccc2-c2ccccc21)C(=O)Oc1c(F)c(F)c(F)c(F)c1F. The summed E-state index contributed by atoms with van der Waals surface area (Å²) < 4.78 is 78.2. The molecule has 37 heavy (non-hydrogen) atoms. The van der Waals surface area contributed by atoms with Crippen molar-refractivity contribution in [1.29, 1.82) is 0 Å². The number of rotatable bonds is 7. The van der Waals surface area contributed by atoms with Gasteiger partial charge in [0.2, 0.25) is 34.8 Å². The smallest absolute Gasteiger partial charge is 0.407 e. The summed E-state index contributed by atoms with van der Waals surface area (Å²) >= 11 is 0. The summed E-state index contributed by atoms with van der Waals surface area (Å²) in [6, 6.07) is 13.8. The van der Waals surface area contributed by atoms with Gasteiger partial charge in [0.1, 0.15) is 12.6 Å². The highest BCUT2D eigenvalue weighted by atomic mass is 19.2. The summed E-state index contributed by atoms with van der Waals surface area (Å²) in [5, 5.41) is 2.30. The summed E-state index contributed by atoms with van der Waals surface area (Å²) in [7, 11) is 0. The Labute approximate surface area is 209 Å². The maximum absolute atomic E-state index is 14.0. The molecule has 0 unspecified atom stereocenters. The fraction of sp³-hybridized carbons (Fsp3) is 0.259. The molecule has 0 radical (unpaired) electrons. The Hall–Kier alpha value is -3.95. The second-order valence-electron chi connectivity index (χ2n) is 8.65. The first-order chi connectivity index (χ1) is 17.6. The van der Waals surface area contributed by atoms with Crippen LogP contribution in [-0.2, 0) is 9.53 Å². The molecule has 1 aliphatic rings. The number of hydrogen-bond acceptors (Lipinski definition) is 4. The second-order valence-corrected chi connectivity index (χ2v) is 8.65. The maximum Gasteiger partial charge on any atom is 0.407 e. The quantitative estimate of drug-likeness (QED) is 0.132. The summed E-state index contributed by atoms with van der Waals surface area (Å²) in [5.74, 6) is -15.5. The van der Waals surface area contributed by atoms with E-state index in [4.69, 9.17) is 4.74 Å². The number of halogens is 5. The minimum Gasteiger partial charge on any atom is -0.449 e. The molecule has 0 bridgehead atoms. The van der Waals surface area contributed by atoms with Gasteiger partial charge in [-0.3, -0.25) is 0 Å². The summed E-state index contributed by atoms with van der Waals surface area (Å²) in [6.45, 7) is 3.14. The van der Waals surface area contributed by atoms with Crippen LogP contribution >= 0.6 is 0 Å². The van der Waals surface area contributed by atoms with Gasteiger partial charge in [-0.15, -0.1) is 0 Å². The lowest BCUT2D eigenvalue weighted by Crippen LogP contribution is -2.47. The molecule has 0 heterocycles. The highest BCUT2D eigenvalue weighted by Crippen LogP contribution is 2.44. The van der Waals surface area contributed by atoms with Gasteiger partial charge in [0, 0.05) is 5.92 Å². The van der Waals surface area contributed by atoms with Crippen LogP contribution in [0.2, 0.25) is 0 Å². The predicted octanol–water partition coefficient (Wildman–Crippen LogP) is 6.24. The van der Waals surface area contributed by atoms with Crippen LogP contribution in [0.3, 0.4) is 0 Å². The highest BCUT2D eigenvalue weighted by molar-refractivity contribution is 5.83. The predicted molar refractivity (Wildman–Crippen MR) is 123 cm³/mol. The van der Waals surface area contributed by atoms with Gasteiger partial charge in [0.05, 0.1) is 0 Å². The molecule has 1 N–H and O–H groups in total. The molecular formula is C27H22F5NO4. The lowest BCUT2D eigenvalue weighted by molar-refractivity contribution is -0.138. The Bertz CT molecular complexity index is 1290. The van der Waals surface area contributed by atoms with E-state index in [0.717, 1.165) is 22.3 Å². The van der Waals surface area contributed by atoms with Crippen LogP contribution in [0.25, 0.3) is 11.1 Å². The lowest BCUT2D eigenvalue weighted by atomic mass is 9.98. The Morgan fingerprint density at radius 3 is 1.84 bits per heavy atom. The van der Waals surface area contributed by atoms with Crippen LogP contribution in [0.15, 0.2) is 48.5 Å². The Kier molecular flexibility index (Phi) is 7.47. The first-order valence-electron chi connectivity index (χ1n) is 11.5. The van der Waals surface area contributed by atoms with E-state index in [2.05, 4.69) is 10.1 Å². The number of benzene rings is 3. The van der Waals surface area contributed by atoms with Crippen molar-refractivity contribution in [2.24, 2.45) is 5.92 Å². The summed E-state index contributed by atoms with van der Waals surface area (Å²) in [6.07, 6.45) is -0.706. The fourth-order valence-electron chi connectivity index (χ4n) is 4.27. The van der Waals surface area contributed by atoms with Gasteiger partial charge in [-0.1, -0.05) is 68.8 Å². The normalized spacial score (nSPS) is 13.9. The maximum atomic E-state index is 14.0. The zero-order chi connectivity index (χ0) is 26.9. The minimum absolute atomic E-state index is 0.0697. The molecule has 2 atom stereocenters. The molecule has 10 heteroatoms. The number of carbonyl (C=O) groups is 2. The second kappa shape index (κ2) is 10.6. The Morgan fingerprint density at radius 1 is 0.838 bits per heavy atom. The highest BCUT2D eigenvalue weighted by Gasteiger charge is 2.34. The molecule has 4 rings (SSSR count). The van der Waals surface area contributed by atoms with E-state index in [0.29, 0.717) is 6.42 Å². The molecular weight excluding hydrogens is 497 g/mol. The molecule has 1 aliphatic carbocycles. The molecule has 5 nitrogen and oxygen atoms in total. The van der Waals surface area contributed by atoms with E-state index in [1.54, 1.807) is 6.92 Å². The van der Waals surface area contributed by atoms with Crippen LogP contribution in [0.4, 0.5) is 26.7 Å². The minimum atomic E-state index is -2.38. The van der Waals surface area contributed by atoms with Crippen molar-refractivity contribution in [3.8, 4) is 16.9 Å². The molecule has 0 saturated heterocycles. The Morgan fingerprint density at radius 2 is 1.32 bits per heavy atom. The van der Waals surface area contributed by atoms with Crippen LogP contribution in [0.5, 0.6) is 5.75 Å². The van der Waals surface area contributed by atoms with Gasteiger partial charge in [0.25, 0.3) is 0 Å². The van der Waals surface area contributed by atoms with Crippen LogP contribution in [0.1, 0.15) is 37.3 Å². The number of hydrogen-bond donors (Lipinski definition) is 1. The molecule has 3 aromatic carbocycles. The molecule has 0 fully saturated rings. The summed E-state index contributed by atoms with van der Waals surface area (Å²) in [5.41, 5.74) is 3.94. The monoisotopic (exact) mass is 519 g/mol. The average molecular weight is 519 g/mol. The number of nitrogens with one attached hydrogen (secondary N) is 1. The zero-order valence-electron chi connectivity index (χ0n) is 19.8. The van der Waals surface area contributed by atoms with Crippen molar-refractivity contribution in [1.82, 2.24) is 5.32 Å². The van der Waals surface area contributed by atoms with Crippen molar-refractivity contribution in [2.45, 2.75) is 32.2 Å². The number of amides is 1. The van der Waals surface area contributed by atoms with Crippen LogP contribution < -0.4 is 10.1 Å². The third-order valence-electron chi connectivity index (χ3n) is 6.46. The van der Waals surface area contributed by atoms with Gasteiger partial charge in [-0.25, -0.2) is 22.8 Å². The van der Waals surface area contributed by atoms with Gasteiger partial charge in [-0.2, -0.15) is 8.78 Å². The molecule has 0 aromatic heterocycles. The molecule has 1 amide bonds. The number of fused-ring (bicyclic) bond motifs is 3. The topological polar surface area (TPSA) is 64.6 Å². The third kappa shape index (κ3) is 4.87. The van der Waals surface area contributed by atoms with Gasteiger partial charge < -0.3 is 14.8 Å². The number of esters is 1. The van der Waals surface area contributed by atoms with E-state index in [1.165, 1.54) is 6.92 Å². The molecule has 3 aromatic rings. The van der Waals surface area contributed by atoms with E-state index in [9.17, 15) is 31.5 Å². The molecule has 0 spiro atoms. The van der Waals surface area contributed by atoms with E-state index >= 15 is 0 Å². The van der Waals surface area contributed by atoms with Crippen molar-refractivity contribution in [2.75, 3.05) is 6.61 Å². The van der Waals surface area contributed by atoms with Gasteiger partial charge in [-0.05, 0) is 28.2 Å². The number of carbonyl (C=O) groups excluding carboxylic acids is 2.